The molecular weight excluding hydrogens is 266 g/mol. The molecule has 0 radical (unpaired) electrons. The van der Waals surface area contributed by atoms with E-state index in [1.165, 1.54) is 13.0 Å². The molecule has 0 aliphatic rings. The van der Waals surface area contributed by atoms with Crippen LogP contribution in [0.1, 0.15) is 11.1 Å². The fraction of sp³-hybridized carbons (Fsp3) is 0.125. The van der Waals surface area contributed by atoms with Crippen molar-refractivity contribution in [3.63, 3.8) is 0 Å². The SMILES string of the molecule is Cc1c([N+](=O)[O-])cc(C=NN)c(O)c1Br. The molecular formula is C8H8BrN3O3. The summed E-state index contributed by atoms with van der Waals surface area (Å²) in [5, 5.41) is 23.5. The zero-order chi connectivity index (χ0) is 11.6. The smallest absolute Gasteiger partial charge is 0.274 e. The first kappa shape index (κ1) is 11.4. The van der Waals surface area contributed by atoms with Gasteiger partial charge < -0.3 is 10.9 Å². The Morgan fingerprint density at radius 1 is 1.73 bits per heavy atom. The molecule has 0 spiro atoms. The van der Waals surface area contributed by atoms with Gasteiger partial charge in [-0.05, 0) is 22.9 Å². The number of nitrogens with zero attached hydrogens (tertiary/aromatic N) is 2. The number of nitro benzene ring substituents is 1. The molecule has 1 rings (SSSR count). The van der Waals surface area contributed by atoms with Crippen LogP contribution in [-0.2, 0) is 0 Å². The van der Waals surface area contributed by atoms with E-state index < -0.39 is 4.92 Å². The Morgan fingerprint density at radius 3 is 2.80 bits per heavy atom. The van der Waals surface area contributed by atoms with Crippen molar-refractivity contribution in [2.45, 2.75) is 6.92 Å². The van der Waals surface area contributed by atoms with Crippen LogP contribution in [0, 0.1) is 17.0 Å². The highest BCUT2D eigenvalue weighted by Crippen LogP contribution is 2.36. The monoisotopic (exact) mass is 273 g/mol. The van der Waals surface area contributed by atoms with E-state index in [9.17, 15) is 15.2 Å². The lowest BCUT2D eigenvalue weighted by molar-refractivity contribution is -0.385. The lowest BCUT2D eigenvalue weighted by Crippen LogP contribution is -1.96. The molecule has 6 nitrogen and oxygen atoms in total. The molecule has 1 aromatic rings. The van der Waals surface area contributed by atoms with Gasteiger partial charge in [-0.2, -0.15) is 5.10 Å². The van der Waals surface area contributed by atoms with Crippen LogP contribution >= 0.6 is 15.9 Å². The Bertz CT molecular complexity index is 445. The molecule has 0 atom stereocenters. The molecule has 80 valence electrons. The van der Waals surface area contributed by atoms with E-state index in [1.54, 1.807) is 0 Å². The third-order valence-electron chi connectivity index (χ3n) is 1.90. The summed E-state index contributed by atoms with van der Waals surface area (Å²) in [6.07, 6.45) is 1.15. The molecule has 15 heavy (non-hydrogen) atoms. The minimum absolute atomic E-state index is 0.102. The van der Waals surface area contributed by atoms with Crippen LogP contribution in [0.2, 0.25) is 0 Å². The largest absolute Gasteiger partial charge is 0.506 e. The Labute approximate surface area is 93.7 Å². The van der Waals surface area contributed by atoms with Crippen molar-refractivity contribution in [3.05, 3.63) is 31.8 Å². The maximum absolute atomic E-state index is 10.7. The van der Waals surface area contributed by atoms with E-state index >= 15 is 0 Å². The van der Waals surface area contributed by atoms with Gasteiger partial charge >= 0.3 is 0 Å². The molecule has 3 N–H and O–H groups in total. The number of benzene rings is 1. The normalized spacial score (nSPS) is 10.8. The molecule has 0 aliphatic heterocycles. The van der Waals surface area contributed by atoms with Crippen LogP contribution in [0.15, 0.2) is 15.6 Å². The van der Waals surface area contributed by atoms with Gasteiger partial charge in [0, 0.05) is 17.2 Å². The number of halogens is 1. The molecule has 0 saturated carbocycles. The Morgan fingerprint density at radius 2 is 2.33 bits per heavy atom. The minimum Gasteiger partial charge on any atom is -0.506 e. The maximum atomic E-state index is 10.7. The Balaban J connectivity index is 3.52. The quantitative estimate of drug-likeness (QED) is 0.370. The van der Waals surface area contributed by atoms with Crippen LogP contribution in [0.3, 0.4) is 0 Å². The molecule has 0 bridgehead atoms. The Kier molecular flexibility index (Phi) is 3.25. The highest BCUT2D eigenvalue weighted by atomic mass is 79.9. The molecule has 0 unspecified atom stereocenters. The number of aromatic hydroxyl groups is 1. The summed E-state index contributed by atoms with van der Waals surface area (Å²) >= 11 is 3.06. The summed E-state index contributed by atoms with van der Waals surface area (Å²) in [5.74, 6) is 4.80. The van der Waals surface area contributed by atoms with Gasteiger partial charge in [-0.3, -0.25) is 10.1 Å². The molecule has 1 aromatic carbocycles. The number of hydrogen-bond acceptors (Lipinski definition) is 5. The van der Waals surface area contributed by atoms with Crippen molar-refractivity contribution in [2.75, 3.05) is 0 Å². The molecule has 0 aromatic heterocycles. The van der Waals surface area contributed by atoms with E-state index in [2.05, 4.69) is 21.0 Å². The van der Waals surface area contributed by atoms with Crippen molar-refractivity contribution < 1.29 is 10.0 Å². The van der Waals surface area contributed by atoms with Crippen LogP contribution < -0.4 is 5.84 Å². The van der Waals surface area contributed by atoms with Crippen molar-refractivity contribution in [1.82, 2.24) is 0 Å². The molecule has 7 heteroatoms. The van der Waals surface area contributed by atoms with Gasteiger partial charge in [0.15, 0.2) is 0 Å². The number of phenolic OH excluding ortho intramolecular Hbond substituents is 1. The second-order valence-corrected chi connectivity index (χ2v) is 3.60. The first-order chi connectivity index (χ1) is 6.99. The fourth-order valence-electron chi connectivity index (χ4n) is 1.11. The first-order valence-corrected chi connectivity index (χ1v) is 4.68. The molecule has 0 fully saturated rings. The van der Waals surface area contributed by atoms with Gasteiger partial charge in [-0.1, -0.05) is 0 Å². The summed E-state index contributed by atoms with van der Waals surface area (Å²) in [5.41, 5.74) is 0.447. The molecule has 0 aliphatic carbocycles. The predicted octanol–water partition coefficient (Wildman–Crippen LogP) is 1.66. The standard InChI is InChI=1S/C8H8BrN3O3/c1-4-6(12(14)15)2-5(3-11-10)8(13)7(4)9/h2-3,13H,10H2,1H3. The summed E-state index contributed by atoms with van der Waals surface area (Å²) in [6, 6.07) is 1.21. The number of phenols is 1. The third-order valence-corrected chi connectivity index (χ3v) is 2.87. The number of nitro groups is 1. The van der Waals surface area contributed by atoms with Crippen LogP contribution in [0.25, 0.3) is 0 Å². The van der Waals surface area contributed by atoms with Crippen molar-refractivity contribution in [1.29, 1.82) is 0 Å². The minimum atomic E-state index is -0.534. The lowest BCUT2D eigenvalue weighted by Gasteiger charge is -2.05. The molecule has 0 heterocycles. The van der Waals surface area contributed by atoms with E-state index in [4.69, 9.17) is 5.84 Å². The number of rotatable bonds is 2. The number of nitrogens with two attached hydrogens (primary N) is 1. The van der Waals surface area contributed by atoms with Crippen molar-refractivity contribution in [2.24, 2.45) is 10.9 Å². The summed E-state index contributed by atoms with van der Waals surface area (Å²) < 4.78 is 0.270. The fourth-order valence-corrected chi connectivity index (χ4v) is 1.54. The average molecular weight is 274 g/mol. The van der Waals surface area contributed by atoms with Crippen LogP contribution in [0.4, 0.5) is 5.69 Å². The number of hydrogen-bond donors (Lipinski definition) is 2. The molecule has 0 amide bonds. The average Bonchev–Trinajstić information content (AvgIpc) is 2.18. The van der Waals surface area contributed by atoms with Gasteiger partial charge in [0.05, 0.1) is 15.6 Å². The van der Waals surface area contributed by atoms with E-state index in [-0.39, 0.29) is 21.5 Å². The van der Waals surface area contributed by atoms with Gasteiger partial charge in [0.2, 0.25) is 0 Å². The van der Waals surface area contributed by atoms with Gasteiger partial charge in [0.25, 0.3) is 5.69 Å². The highest BCUT2D eigenvalue weighted by molar-refractivity contribution is 9.10. The van der Waals surface area contributed by atoms with E-state index in [0.29, 0.717) is 5.56 Å². The zero-order valence-corrected chi connectivity index (χ0v) is 9.35. The van der Waals surface area contributed by atoms with Crippen LogP contribution in [-0.4, -0.2) is 16.2 Å². The van der Waals surface area contributed by atoms with Gasteiger partial charge in [-0.15, -0.1) is 0 Å². The van der Waals surface area contributed by atoms with Crippen molar-refractivity contribution >= 4 is 27.8 Å². The first-order valence-electron chi connectivity index (χ1n) is 3.88. The maximum Gasteiger partial charge on any atom is 0.274 e. The highest BCUT2D eigenvalue weighted by Gasteiger charge is 2.19. The summed E-state index contributed by atoms with van der Waals surface area (Å²) in [4.78, 5) is 10.1. The van der Waals surface area contributed by atoms with Crippen LogP contribution in [0.5, 0.6) is 5.75 Å². The Hall–Kier alpha value is -1.63. The van der Waals surface area contributed by atoms with Gasteiger partial charge in [0.1, 0.15) is 5.75 Å². The van der Waals surface area contributed by atoms with Gasteiger partial charge in [-0.25, -0.2) is 0 Å². The third kappa shape index (κ3) is 2.07. The molecule has 0 saturated heterocycles. The van der Waals surface area contributed by atoms with E-state index in [0.717, 1.165) is 6.21 Å². The van der Waals surface area contributed by atoms with Crippen molar-refractivity contribution in [3.8, 4) is 5.75 Å². The topological polar surface area (TPSA) is 102 Å². The number of hydrazone groups is 1. The zero-order valence-electron chi connectivity index (χ0n) is 7.77. The predicted molar refractivity (Wildman–Crippen MR) is 59.0 cm³/mol. The second-order valence-electron chi connectivity index (χ2n) is 2.81. The lowest BCUT2D eigenvalue weighted by atomic mass is 10.1. The summed E-state index contributed by atoms with van der Waals surface area (Å²) in [7, 11) is 0. The summed E-state index contributed by atoms with van der Waals surface area (Å²) in [6.45, 7) is 1.53. The second kappa shape index (κ2) is 4.26. The van der Waals surface area contributed by atoms with E-state index in [1.807, 2.05) is 0 Å².